The zero-order chi connectivity index (χ0) is 10.1. The summed E-state index contributed by atoms with van der Waals surface area (Å²) in [6, 6.07) is 8.06. The van der Waals surface area contributed by atoms with E-state index in [1.165, 1.54) is 5.56 Å². The smallest absolute Gasteiger partial charge is 0.297 e. The maximum absolute atomic E-state index is 4.94. The number of aromatic nitrogens is 2. The van der Waals surface area contributed by atoms with Gasteiger partial charge in [-0.3, -0.25) is 4.57 Å². The molecule has 2 aromatic rings. The van der Waals surface area contributed by atoms with E-state index in [4.69, 9.17) is 16.7 Å². The Morgan fingerprint density at radius 2 is 2.21 bits per heavy atom. The predicted molar refractivity (Wildman–Crippen MR) is 56.5 cm³/mol. The average molecular weight is 206 g/mol. The Labute approximate surface area is 87.0 Å². The van der Waals surface area contributed by atoms with Crippen LogP contribution in [0.5, 0.6) is 0 Å². The first-order valence-electron chi connectivity index (χ1n) is 4.28. The molecule has 0 aliphatic carbocycles. The van der Waals surface area contributed by atoms with E-state index in [2.05, 4.69) is 5.16 Å². The van der Waals surface area contributed by atoms with E-state index in [1.54, 1.807) is 4.57 Å². The van der Waals surface area contributed by atoms with Crippen molar-refractivity contribution in [1.82, 2.24) is 9.72 Å². The van der Waals surface area contributed by atoms with Gasteiger partial charge in [-0.2, -0.15) is 0 Å². The minimum absolute atomic E-state index is 0.390. The van der Waals surface area contributed by atoms with Gasteiger partial charge in [-0.1, -0.05) is 28.9 Å². The van der Waals surface area contributed by atoms with Crippen molar-refractivity contribution in [2.45, 2.75) is 6.92 Å². The van der Waals surface area contributed by atoms with Gasteiger partial charge < -0.3 is 4.52 Å². The monoisotopic (exact) mass is 206 g/mol. The van der Waals surface area contributed by atoms with Gasteiger partial charge in [0.1, 0.15) is 0 Å². The topological polar surface area (TPSA) is 31.0 Å². The molecule has 14 heavy (non-hydrogen) atoms. The Kier molecular flexibility index (Phi) is 2.21. The zero-order valence-electron chi connectivity index (χ0n) is 8.02. The van der Waals surface area contributed by atoms with Gasteiger partial charge in [0.25, 0.3) is 4.84 Å². The van der Waals surface area contributed by atoms with Crippen LogP contribution in [0.2, 0.25) is 0 Å². The quantitative estimate of drug-likeness (QED) is 0.672. The third-order valence-corrected chi connectivity index (χ3v) is 2.43. The fraction of sp³-hybridized carbons (Fsp3) is 0.200. The molecule has 0 saturated heterocycles. The Morgan fingerprint density at radius 3 is 2.79 bits per heavy atom. The lowest BCUT2D eigenvalue weighted by Crippen LogP contribution is -1.92. The van der Waals surface area contributed by atoms with Crippen LogP contribution >= 0.6 is 12.2 Å². The molecule has 1 aromatic carbocycles. The normalized spacial score (nSPS) is 10.4. The number of hydrogen-bond donors (Lipinski definition) is 0. The Balaban J connectivity index is 2.60. The van der Waals surface area contributed by atoms with E-state index in [0.29, 0.717) is 4.84 Å². The second kappa shape index (κ2) is 3.38. The van der Waals surface area contributed by atoms with Crippen LogP contribution in [0.25, 0.3) is 11.4 Å². The van der Waals surface area contributed by atoms with Gasteiger partial charge in [0.2, 0.25) is 0 Å². The molecule has 3 nitrogen and oxygen atoms in total. The van der Waals surface area contributed by atoms with E-state index in [9.17, 15) is 0 Å². The van der Waals surface area contributed by atoms with Crippen LogP contribution in [0.4, 0.5) is 0 Å². The van der Waals surface area contributed by atoms with Crippen molar-refractivity contribution < 1.29 is 4.52 Å². The number of hydrogen-bond acceptors (Lipinski definition) is 3. The lowest BCUT2D eigenvalue weighted by molar-refractivity contribution is 0.400. The summed E-state index contributed by atoms with van der Waals surface area (Å²) in [6.07, 6.45) is 0. The molecule has 2 rings (SSSR count). The van der Waals surface area contributed by atoms with Crippen LogP contribution in [-0.4, -0.2) is 9.72 Å². The van der Waals surface area contributed by atoms with Crippen molar-refractivity contribution in [3.63, 3.8) is 0 Å². The highest BCUT2D eigenvalue weighted by Gasteiger charge is 2.06. The van der Waals surface area contributed by atoms with Gasteiger partial charge in [-0.05, 0) is 25.2 Å². The molecule has 1 heterocycles. The molecule has 0 amide bonds. The molecule has 0 bridgehead atoms. The van der Waals surface area contributed by atoms with Crippen molar-refractivity contribution in [2.75, 3.05) is 0 Å². The summed E-state index contributed by atoms with van der Waals surface area (Å²) < 4.78 is 6.67. The van der Waals surface area contributed by atoms with Crippen molar-refractivity contribution in [3.8, 4) is 11.4 Å². The van der Waals surface area contributed by atoms with Crippen molar-refractivity contribution in [1.29, 1.82) is 0 Å². The van der Waals surface area contributed by atoms with Gasteiger partial charge in [0, 0.05) is 12.6 Å². The summed E-state index contributed by atoms with van der Waals surface area (Å²) in [6.45, 7) is 2.04. The molecule has 0 spiro atoms. The number of aryl methyl sites for hydroxylation is 1. The summed E-state index contributed by atoms with van der Waals surface area (Å²) in [4.78, 5) is 0.390. The molecule has 0 aliphatic rings. The average Bonchev–Trinajstić information content (AvgIpc) is 2.48. The Hall–Kier alpha value is -1.42. The molecular formula is C10H10N2OS. The van der Waals surface area contributed by atoms with Gasteiger partial charge in [-0.15, -0.1) is 0 Å². The summed E-state index contributed by atoms with van der Waals surface area (Å²) >= 11 is 4.94. The highest BCUT2D eigenvalue weighted by Crippen LogP contribution is 2.17. The first-order chi connectivity index (χ1) is 6.68. The van der Waals surface area contributed by atoms with Crippen LogP contribution in [0.3, 0.4) is 0 Å². The highest BCUT2D eigenvalue weighted by molar-refractivity contribution is 7.71. The molecule has 0 N–H and O–H groups in total. The third kappa shape index (κ3) is 1.48. The minimum Gasteiger partial charge on any atom is -0.324 e. The van der Waals surface area contributed by atoms with Gasteiger partial charge in [0.05, 0.1) is 0 Å². The van der Waals surface area contributed by atoms with Crippen LogP contribution in [-0.2, 0) is 7.05 Å². The molecule has 0 atom stereocenters. The SMILES string of the molecule is Cc1cccc(-c2noc(=S)n2C)c1. The second-order valence-corrected chi connectivity index (χ2v) is 3.55. The first-order valence-corrected chi connectivity index (χ1v) is 4.69. The summed E-state index contributed by atoms with van der Waals surface area (Å²) in [5, 5.41) is 3.91. The van der Waals surface area contributed by atoms with E-state index in [1.807, 2.05) is 38.2 Å². The van der Waals surface area contributed by atoms with Crippen LogP contribution in [0.1, 0.15) is 5.56 Å². The van der Waals surface area contributed by atoms with Crippen LogP contribution in [0, 0.1) is 11.8 Å². The van der Waals surface area contributed by atoms with E-state index in [-0.39, 0.29) is 0 Å². The zero-order valence-corrected chi connectivity index (χ0v) is 8.84. The van der Waals surface area contributed by atoms with Crippen molar-refractivity contribution in [2.24, 2.45) is 7.05 Å². The minimum atomic E-state index is 0.390. The summed E-state index contributed by atoms with van der Waals surface area (Å²) in [5.41, 5.74) is 2.21. The molecule has 0 radical (unpaired) electrons. The maximum Gasteiger partial charge on any atom is 0.297 e. The predicted octanol–water partition coefficient (Wildman–Crippen LogP) is 2.72. The van der Waals surface area contributed by atoms with Crippen molar-refractivity contribution >= 4 is 12.2 Å². The lowest BCUT2D eigenvalue weighted by Gasteiger charge is -1.99. The molecular weight excluding hydrogens is 196 g/mol. The number of benzene rings is 1. The number of nitrogens with zero attached hydrogens (tertiary/aromatic N) is 2. The molecule has 72 valence electrons. The second-order valence-electron chi connectivity index (χ2n) is 3.20. The van der Waals surface area contributed by atoms with Crippen molar-refractivity contribution in [3.05, 3.63) is 34.7 Å². The molecule has 1 aromatic heterocycles. The molecule has 0 aliphatic heterocycles. The Morgan fingerprint density at radius 1 is 1.43 bits per heavy atom. The van der Waals surface area contributed by atoms with Gasteiger partial charge in [-0.25, -0.2) is 0 Å². The highest BCUT2D eigenvalue weighted by atomic mass is 32.1. The molecule has 4 heteroatoms. The van der Waals surface area contributed by atoms with E-state index in [0.717, 1.165) is 11.4 Å². The number of rotatable bonds is 1. The first kappa shape index (κ1) is 9.15. The maximum atomic E-state index is 4.94. The summed E-state index contributed by atoms with van der Waals surface area (Å²) in [7, 11) is 1.84. The third-order valence-electron chi connectivity index (χ3n) is 2.08. The summed E-state index contributed by atoms with van der Waals surface area (Å²) in [5.74, 6) is 0.763. The Bertz CT molecular complexity index is 513. The van der Waals surface area contributed by atoms with E-state index >= 15 is 0 Å². The van der Waals surface area contributed by atoms with Gasteiger partial charge >= 0.3 is 0 Å². The largest absolute Gasteiger partial charge is 0.324 e. The standard InChI is InChI=1S/C10H10N2OS/c1-7-4-3-5-8(6-7)9-11-13-10(14)12(9)2/h3-6H,1-2H3. The van der Waals surface area contributed by atoms with Crippen LogP contribution in [0.15, 0.2) is 28.8 Å². The molecule has 0 unspecified atom stereocenters. The lowest BCUT2D eigenvalue weighted by atomic mass is 10.1. The fourth-order valence-electron chi connectivity index (χ4n) is 1.32. The van der Waals surface area contributed by atoms with Crippen LogP contribution < -0.4 is 0 Å². The van der Waals surface area contributed by atoms with E-state index < -0.39 is 0 Å². The molecule has 0 saturated carbocycles. The fourth-order valence-corrected chi connectivity index (χ4v) is 1.45. The molecule has 0 fully saturated rings. The van der Waals surface area contributed by atoms with Gasteiger partial charge in [0.15, 0.2) is 5.82 Å².